The van der Waals surface area contributed by atoms with E-state index in [9.17, 15) is 9.67 Å². The zero-order valence-corrected chi connectivity index (χ0v) is 20.4. The maximum Gasteiger partial charge on any atom is 0.264 e. The van der Waals surface area contributed by atoms with Gasteiger partial charge in [-0.3, -0.25) is 4.57 Å². The van der Waals surface area contributed by atoms with Gasteiger partial charge in [-0.15, -0.1) is 0 Å². The maximum absolute atomic E-state index is 14.4. The molecule has 0 amide bonds. The van der Waals surface area contributed by atoms with E-state index in [1.54, 1.807) is 24.3 Å². The van der Waals surface area contributed by atoms with Gasteiger partial charge in [0, 0.05) is 25.1 Å². The van der Waals surface area contributed by atoms with Crippen LogP contribution >= 0.6 is 7.37 Å². The quantitative estimate of drug-likeness (QED) is 0.539. The van der Waals surface area contributed by atoms with Crippen molar-refractivity contribution in [3.8, 4) is 17.2 Å². The molecule has 2 aromatic rings. The van der Waals surface area contributed by atoms with E-state index in [4.69, 9.17) is 18.7 Å². The van der Waals surface area contributed by atoms with Crippen LogP contribution in [0.5, 0.6) is 17.2 Å². The average molecular weight is 464 g/mol. The second-order valence-corrected chi connectivity index (χ2v) is 10.6. The first-order chi connectivity index (χ1) is 15.3. The van der Waals surface area contributed by atoms with Gasteiger partial charge in [0.15, 0.2) is 17.3 Å². The van der Waals surface area contributed by atoms with Crippen LogP contribution in [-0.4, -0.2) is 46.6 Å². The van der Waals surface area contributed by atoms with Gasteiger partial charge in [-0.05, 0) is 54.8 Å². The summed E-state index contributed by atoms with van der Waals surface area (Å²) >= 11 is 0. The monoisotopic (exact) mass is 463 g/mol. The molecule has 0 radical (unpaired) electrons. The number of aliphatic hydroxyl groups excluding tert-OH is 1. The molecule has 3 rings (SSSR count). The zero-order chi connectivity index (χ0) is 23.3. The molecule has 32 heavy (non-hydrogen) atoms. The highest BCUT2D eigenvalue weighted by Crippen LogP contribution is 2.60. The molecule has 176 valence electrons. The molecule has 0 bridgehead atoms. The van der Waals surface area contributed by atoms with Crippen molar-refractivity contribution in [2.75, 3.05) is 40.3 Å². The largest absolute Gasteiger partial charge is 0.493 e. The Morgan fingerprint density at radius 2 is 1.50 bits per heavy atom. The van der Waals surface area contributed by atoms with Crippen molar-refractivity contribution in [1.82, 2.24) is 0 Å². The SMILES string of the molecule is COc1cc([C@@H](O)[P@](=O)(OC2CCCCC2)c2ccc(N(C)C)cc2)cc(OC)c1OC. The second kappa shape index (κ2) is 10.6. The molecule has 0 aromatic heterocycles. The van der Waals surface area contributed by atoms with Crippen molar-refractivity contribution < 1.29 is 28.4 Å². The Labute approximate surface area is 190 Å². The molecular formula is C24H34NO6P. The van der Waals surface area contributed by atoms with Crippen LogP contribution in [-0.2, 0) is 9.09 Å². The van der Waals surface area contributed by atoms with Crippen LogP contribution in [0.3, 0.4) is 0 Å². The van der Waals surface area contributed by atoms with E-state index in [0.29, 0.717) is 28.1 Å². The standard InChI is InChI=1S/C24H34NO6P/c1-25(2)18-11-13-20(14-12-18)32(27,31-19-9-7-6-8-10-19)24(26)17-15-21(28-3)23(30-5)22(16-17)29-4/h11-16,19,24,26H,6-10H2,1-5H3/t24-,32+/m0/s1. The van der Waals surface area contributed by atoms with Crippen molar-refractivity contribution in [3.05, 3.63) is 42.0 Å². The molecule has 1 saturated carbocycles. The lowest BCUT2D eigenvalue weighted by Gasteiger charge is -2.31. The van der Waals surface area contributed by atoms with Gasteiger partial charge in [0.2, 0.25) is 5.75 Å². The summed E-state index contributed by atoms with van der Waals surface area (Å²) in [4.78, 5) is 1.96. The highest BCUT2D eigenvalue weighted by molar-refractivity contribution is 7.67. The fourth-order valence-electron chi connectivity index (χ4n) is 4.06. The number of anilines is 1. The predicted octanol–water partition coefficient (Wildman–Crippen LogP) is 4.72. The minimum absolute atomic E-state index is 0.153. The third kappa shape index (κ3) is 5.06. The molecule has 0 spiro atoms. The second-order valence-electron chi connectivity index (χ2n) is 8.21. The van der Waals surface area contributed by atoms with Crippen LogP contribution < -0.4 is 24.4 Å². The third-order valence-electron chi connectivity index (χ3n) is 5.89. The molecular weight excluding hydrogens is 429 g/mol. The first-order valence-corrected chi connectivity index (χ1v) is 12.6. The Hall–Kier alpha value is -2.21. The van der Waals surface area contributed by atoms with Crippen molar-refractivity contribution >= 4 is 18.4 Å². The minimum atomic E-state index is -3.70. The summed E-state index contributed by atoms with van der Waals surface area (Å²) in [6.07, 6.45) is 4.73. The fraction of sp³-hybridized carbons (Fsp3) is 0.500. The third-order valence-corrected chi connectivity index (χ3v) is 8.46. The number of ether oxygens (including phenoxy) is 3. The normalized spacial score (nSPS) is 17.3. The van der Waals surface area contributed by atoms with E-state index >= 15 is 0 Å². The lowest BCUT2D eigenvalue weighted by Crippen LogP contribution is -2.22. The lowest BCUT2D eigenvalue weighted by molar-refractivity contribution is 0.137. The topological polar surface area (TPSA) is 77.5 Å². The van der Waals surface area contributed by atoms with Crippen LogP contribution in [0, 0.1) is 0 Å². The van der Waals surface area contributed by atoms with Crippen molar-refractivity contribution in [3.63, 3.8) is 0 Å². The smallest absolute Gasteiger partial charge is 0.264 e. The molecule has 1 aliphatic rings. The summed E-state index contributed by atoms with van der Waals surface area (Å²) < 4.78 is 36.9. The van der Waals surface area contributed by atoms with Gasteiger partial charge in [0.1, 0.15) is 0 Å². The average Bonchev–Trinajstić information content (AvgIpc) is 2.83. The van der Waals surface area contributed by atoms with Crippen LogP contribution in [0.2, 0.25) is 0 Å². The van der Waals surface area contributed by atoms with Crippen molar-refractivity contribution in [2.24, 2.45) is 0 Å². The molecule has 1 N–H and O–H groups in total. The van der Waals surface area contributed by atoms with E-state index < -0.39 is 13.2 Å². The van der Waals surface area contributed by atoms with Gasteiger partial charge >= 0.3 is 0 Å². The molecule has 1 fully saturated rings. The highest BCUT2D eigenvalue weighted by Gasteiger charge is 2.40. The Bertz CT molecular complexity index is 915. The summed E-state index contributed by atoms with van der Waals surface area (Å²) in [5, 5.41) is 11.9. The van der Waals surface area contributed by atoms with E-state index in [1.165, 1.54) is 21.3 Å². The van der Waals surface area contributed by atoms with E-state index in [2.05, 4.69) is 0 Å². The van der Waals surface area contributed by atoms with Gasteiger partial charge in [-0.1, -0.05) is 19.3 Å². The number of benzene rings is 2. The molecule has 0 heterocycles. The number of aliphatic hydroxyl groups is 1. The first kappa shape index (κ1) is 24.4. The fourth-order valence-corrected chi connectivity index (χ4v) is 6.34. The van der Waals surface area contributed by atoms with Crippen molar-refractivity contribution in [1.29, 1.82) is 0 Å². The van der Waals surface area contributed by atoms with Crippen LogP contribution in [0.15, 0.2) is 36.4 Å². The molecule has 8 heteroatoms. The summed E-state index contributed by atoms with van der Waals surface area (Å²) in [5.74, 6) is -0.214. The van der Waals surface area contributed by atoms with Gasteiger partial charge in [-0.25, -0.2) is 0 Å². The number of hydrogen-bond acceptors (Lipinski definition) is 7. The summed E-state index contributed by atoms with van der Waals surface area (Å²) in [7, 11) is 4.71. The van der Waals surface area contributed by atoms with E-state index in [0.717, 1.165) is 37.8 Å². The number of hydrogen-bond donors (Lipinski definition) is 1. The number of rotatable bonds is 9. The Morgan fingerprint density at radius 3 is 1.97 bits per heavy atom. The predicted molar refractivity (Wildman–Crippen MR) is 127 cm³/mol. The molecule has 7 nitrogen and oxygen atoms in total. The van der Waals surface area contributed by atoms with Gasteiger partial charge in [0.05, 0.1) is 27.4 Å². The Morgan fingerprint density at radius 1 is 0.938 bits per heavy atom. The lowest BCUT2D eigenvalue weighted by atomic mass is 9.98. The summed E-state index contributed by atoms with van der Waals surface area (Å²) in [6, 6.07) is 10.6. The van der Waals surface area contributed by atoms with Crippen LogP contribution in [0.1, 0.15) is 43.5 Å². The number of methoxy groups -OCH3 is 3. The van der Waals surface area contributed by atoms with E-state index in [1.807, 2.05) is 31.1 Å². The van der Waals surface area contributed by atoms with Crippen molar-refractivity contribution in [2.45, 2.75) is 44.1 Å². The molecule has 2 atom stereocenters. The maximum atomic E-state index is 14.4. The molecule has 0 unspecified atom stereocenters. The van der Waals surface area contributed by atoms with Gasteiger partial charge in [0.25, 0.3) is 7.37 Å². The van der Waals surface area contributed by atoms with Crippen LogP contribution in [0.4, 0.5) is 5.69 Å². The molecule has 1 aliphatic carbocycles. The zero-order valence-electron chi connectivity index (χ0n) is 19.5. The highest BCUT2D eigenvalue weighted by atomic mass is 31.2. The van der Waals surface area contributed by atoms with Gasteiger partial charge < -0.3 is 28.7 Å². The number of nitrogens with zero attached hydrogens (tertiary/aromatic N) is 1. The molecule has 0 aliphatic heterocycles. The summed E-state index contributed by atoms with van der Waals surface area (Å²) in [6.45, 7) is 0. The summed E-state index contributed by atoms with van der Waals surface area (Å²) in [5.41, 5.74) is 1.36. The molecule has 0 saturated heterocycles. The minimum Gasteiger partial charge on any atom is -0.493 e. The Kier molecular flexibility index (Phi) is 8.10. The molecule has 2 aromatic carbocycles. The Balaban J connectivity index is 2.07. The van der Waals surface area contributed by atoms with Gasteiger partial charge in [-0.2, -0.15) is 0 Å². The van der Waals surface area contributed by atoms with Crippen LogP contribution in [0.25, 0.3) is 0 Å². The first-order valence-electron chi connectivity index (χ1n) is 10.9. The van der Waals surface area contributed by atoms with E-state index in [-0.39, 0.29) is 6.10 Å².